The van der Waals surface area contributed by atoms with Crippen LogP contribution in [0.1, 0.15) is 33.4 Å². The summed E-state index contributed by atoms with van der Waals surface area (Å²) in [5.41, 5.74) is 5.04. The van der Waals surface area contributed by atoms with E-state index < -0.39 is 31.7 Å². The number of benzene rings is 1. The van der Waals surface area contributed by atoms with E-state index in [4.69, 9.17) is 24.3 Å². The van der Waals surface area contributed by atoms with Gasteiger partial charge in [0.05, 0.1) is 18.8 Å². The summed E-state index contributed by atoms with van der Waals surface area (Å²) in [6.45, 7) is 4.90. The Morgan fingerprint density at radius 1 is 1.33 bits per heavy atom. The van der Waals surface area contributed by atoms with Gasteiger partial charge in [-0.2, -0.15) is 4.98 Å². The molecule has 0 amide bonds. The lowest BCUT2D eigenvalue weighted by molar-refractivity contribution is -0.145. The quantitative estimate of drug-likeness (QED) is 0.384. The summed E-state index contributed by atoms with van der Waals surface area (Å²) in [5.74, 6) is -0.192. The first-order chi connectivity index (χ1) is 15.6. The molecular formula is C21H29N4O7P. The van der Waals surface area contributed by atoms with Gasteiger partial charge in [0.15, 0.2) is 0 Å². The number of nitrogens with zero attached hydrogens (tertiary/aromatic N) is 2. The van der Waals surface area contributed by atoms with Gasteiger partial charge < -0.3 is 19.7 Å². The van der Waals surface area contributed by atoms with Crippen molar-refractivity contribution in [3.63, 3.8) is 0 Å². The van der Waals surface area contributed by atoms with Crippen LogP contribution in [0.3, 0.4) is 0 Å². The third-order valence-corrected chi connectivity index (χ3v) is 6.25. The lowest BCUT2D eigenvalue weighted by atomic mass is 10.1. The molecule has 0 radical (unpaired) electrons. The summed E-state index contributed by atoms with van der Waals surface area (Å²) >= 11 is 0. The van der Waals surface area contributed by atoms with E-state index in [1.807, 2.05) is 6.92 Å². The Morgan fingerprint density at radius 3 is 2.73 bits per heavy atom. The number of aromatic nitrogens is 2. The number of rotatable bonds is 10. The van der Waals surface area contributed by atoms with Crippen molar-refractivity contribution in [1.82, 2.24) is 14.6 Å². The molecule has 3 rings (SSSR count). The predicted molar refractivity (Wildman–Crippen MR) is 120 cm³/mol. The standard InChI is InChI=1S/C21H29N4O7P/c1-14(2)30-19(26)12-23-33(28,32-16-7-5-4-6-8-16)29-13-17-11-15(3)20(31-17)25-10-9-18(22)24-21(25)27/h4-10,14-15,17,20H,11-13H2,1-3H3,(H,23,28)(H2,22,24,27)/t15-,17-,20+,33?/m0/s1. The second kappa shape index (κ2) is 10.9. The lowest BCUT2D eigenvalue weighted by Crippen LogP contribution is -2.30. The number of carbonyl (C=O) groups is 1. The number of hydrogen-bond donors (Lipinski definition) is 2. The summed E-state index contributed by atoms with van der Waals surface area (Å²) in [6, 6.07) is 9.98. The molecule has 2 heterocycles. The molecule has 0 aliphatic carbocycles. The maximum atomic E-state index is 13.4. The van der Waals surface area contributed by atoms with Crippen molar-refractivity contribution < 1.29 is 27.9 Å². The fraction of sp³-hybridized carbons (Fsp3) is 0.476. The summed E-state index contributed by atoms with van der Waals surface area (Å²) < 4.78 is 36.9. The summed E-state index contributed by atoms with van der Waals surface area (Å²) in [6.07, 6.45) is 0.725. The Kier molecular flexibility index (Phi) is 8.25. The largest absolute Gasteiger partial charge is 0.462 e. The van der Waals surface area contributed by atoms with Gasteiger partial charge in [-0.3, -0.25) is 13.9 Å². The van der Waals surface area contributed by atoms with E-state index in [0.717, 1.165) is 0 Å². The van der Waals surface area contributed by atoms with E-state index >= 15 is 0 Å². The van der Waals surface area contributed by atoms with Crippen LogP contribution in [0.2, 0.25) is 0 Å². The third-order valence-electron chi connectivity index (χ3n) is 4.76. The first-order valence-corrected chi connectivity index (χ1v) is 12.1. The number of ether oxygens (including phenoxy) is 2. The van der Waals surface area contributed by atoms with Gasteiger partial charge in [-0.15, -0.1) is 0 Å². The highest BCUT2D eigenvalue weighted by atomic mass is 31.2. The summed E-state index contributed by atoms with van der Waals surface area (Å²) in [5, 5.41) is 2.55. The number of nitrogens with two attached hydrogens (primary N) is 1. The predicted octanol–water partition coefficient (Wildman–Crippen LogP) is 2.49. The average Bonchev–Trinajstić information content (AvgIpc) is 3.12. The molecule has 12 heteroatoms. The first kappa shape index (κ1) is 24.9. The van der Waals surface area contributed by atoms with Crippen molar-refractivity contribution in [2.45, 2.75) is 45.6 Å². The summed E-state index contributed by atoms with van der Waals surface area (Å²) in [7, 11) is -3.95. The van der Waals surface area contributed by atoms with Gasteiger partial charge in [0.25, 0.3) is 0 Å². The number of carbonyl (C=O) groups excluding carboxylic acids is 1. The molecule has 1 aliphatic rings. The maximum Gasteiger partial charge on any atom is 0.459 e. The van der Waals surface area contributed by atoms with Crippen LogP contribution < -0.4 is 21.0 Å². The number of esters is 1. The van der Waals surface area contributed by atoms with Gasteiger partial charge in [-0.05, 0) is 38.5 Å². The molecule has 11 nitrogen and oxygen atoms in total. The third kappa shape index (κ3) is 7.13. The number of nitrogen functional groups attached to an aromatic ring is 1. The zero-order valence-corrected chi connectivity index (χ0v) is 19.6. The first-order valence-electron chi connectivity index (χ1n) is 10.6. The maximum absolute atomic E-state index is 13.4. The van der Waals surface area contributed by atoms with Gasteiger partial charge in [-0.25, -0.2) is 14.4 Å². The van der Waals surface area contributed by atoms with Crippen LogP contribution in [0.4, 0.5) is 5.82 Å². The van der Waals surface area contributed by atoms with Crippen LogP contribution in [0.5, 0.6) is 5.75 Å². The molecule has 33 heavy (non-hydrogen) atoms. The topological polar surface area (TPSA) is 144 Å². The van der Waals surface area contributed by atoms with E-state index in [1.54, 1.807) is 44.2 Å². The highest BCUT2D eigenvalue weighted by Crippen LogP contribution is 2.45. The minimum Gasteiger partial charge on any atom is -0.462 e. The Bertz CT molecular complexity index is 1050. The number of anilines is 1. The molecular weight excluding hydrogens is 451 g/mol. The second-order valence-electron chi connectivity index (χ2n) is 7.97. The smallest absolute Gasteiger partial charge is 0.459 e. The van der Waals surface area contributed by atoms with Crippen LogP contribution >= 0.6 is 7.75 Å². The molecule has 2 aromatic rings. The highest BCUT2D eigenvalue weighted by Gasteiger charge is 2.37. The molecule has 0 spiro atoms. The van der Waals surface area contributed by atoms with E-state index in [1.165, 1.54) is 16.8 Å². The van der Waals surface area contributed by atoms with Gasteiger partial charge in [0.2, 0.25) is 0 Å². The van der Waals surface area contributed by atoms with Gasteiger partial charge in [-0.1, -0.05) is 25.1 Å². The molecule has 1 unspecified atom stereocenters. The van der Waals surface area contributed by atoms with Crippen molar-refractivity contribution in [1.29, 1.82) is 0 Å². The van der Waals surface area contributed by atoms with E-state index in [0.29, 0.717) is 12.2 Å². The van der Waals surface area contributed by atoms with Crippen molar-refractivity contribution >= 4 is 19.5 Å². The Labute approximate surface area is 191 Å². The van der Waals surface area contributed by atoms with Gasteiger partial charge in [0, 0.05) is 12.1 Å². The number of nitrogens with one attached hydrogen (secondary N) is 1. The Balaban J connectivity index is 1.66. The minimum atomic E-state index is -3.95. The normalized spacial score (nSPS) is 22.1. The van der Waals surface area contributed by atoms with E-state index in [-0.39, 0.29) is 31.0 Å². The molecule has 1 fully saturated rings. The second-order valence-corrected chi connectivity index (χ2v) is 9.73. The highest BCUT2D eigenvalue weighted by molar-refractivity contribution is 7.52. The van der Waals surface area contributed by atoms with Crippen LogP contribution in [-0.2, 0) is 23.4 Å². The monoisotopic (exact) mass is 480 g/mol. The molecule has 0 saturated carbocycles. The number of para-hydroxylation sites is 1. The molecule has 4 atom stereocenters. The molecule has 180 valence electrons. The van der Waals surface area contributed by atoms with Crippen LogP contribution in [0, 0.1) is 5.92 Å². The van der Waals surface area contributed by atoms with Crippen molar-refractivity contribution in [3.8, 4) is 5.75 Å². The summed E-state index contributed by atoms with van der Waals surface area (Å²) in [4.78, 5) is 27.8. The van der Waals surface area contributed by atoms with Crippen molar-refractivity contribution in [2.24, 2.45) is 5.92 Å². The van der Waals surface area contributed by atoms with Gasteiger partial charge >= 0.3 is 19.4 Å². The minimum absolute atomic E-state index is 0.0369. The molecule has 0 bridgehead atoms. The van der Waals surface area contributed by atoms with Gasteiger partial charge in [0.1, 0.15) is 24.3 Å². The molecule has 1 aromatic heterocycles. The van der Waals surface area contributed by atoms with Crippen LogP contribution in [-0.4, -0.2) is 40.9 Å². The van der Waals surface area contributed by atoms with Crippen LogP contribution in [0.15, 0.2) is 47.4 Å². The fourth-order valence-electron chi connectivity index (χ4n) is 3.36. The zero-order chi connectivity index (χ0) is 24.0. The van der Waals surface area contributed by atoms with Crippen LogP contribution in [0.25, 0.3) is 0 Å². The Morgan fingerprint density at radius 2 is 2.06 bits per heavy atom. The van der Waals surface area contributed by atoms with Crippen molar-refractivity contribution in [2.75, 3.05) is 18.9 Å². The number of hydrogen-bond acceptors (Lipinski definition) is 9. The van der Waals surface area contributed by atoms with E-state index in [2.05, 4.69) is 10.1 Å². The molecule has 3 N–H and O–H groups in total. The fourth-order valence-corrected chi connectivity index (χ4v) is 4.65. The Hall–Kier alpha value is -2.72. The zero-order valence-electron chi connectivity index (χ0n) is 18.7. The van der Waals surface area contributed by atoms with Crippen molar-refractivity contribution in [3.05, 3.63) is 53.1 Å². The average molecular weight is 480 g/mol. The lowest BCUT2D eigenvalue weighted by Gasteiger charge is -2.22. The molecule has 1 aromatic carbocycles. The SMILES string of the molecule is CC(C)OC(=O)CNP(=O)(OC[C@@H]1C[C@H](C)[C@H](n2ccc(N)nc2=O)O1)Oc1ccccc1. The van der Waals surface area contributed by atoms with E-state index in [9.17, 15) is 14.2 Å². The molecule has 1 aliphatic heterocycles. The molecule has 1 saturated heterocycles.